The Kier molecular flexibility index (Phi) is 6.49. The number of nitrogens with zero attached hydrogens (tertiary/aromatic N) is 3. The number of carbonyl (C=O) groups is 1. The second-order valence-electron chi connectivity index (χ2n) is 8.85. The number of fused-ring (bicyclic) bond motifs is 3. The number of anilines is 2. The van der Waals surface area contributed by atoms with Crippen molar-refractivity contribution in [2.45, 2.75) is 18.9 Å². The highest BCUT2D eigenvalue weighted by atomic mass is 35.5. The van der Waals surface area contributed by atoms with Crippen molar-refractivity contribution >= 4 is 39.9 Å². The number of methoxy groups -OCH3 is 1. The summed E-state index contributed by atoms with van der Waals surface area (Å²) in [5, 5.41) is 3.46. The molecule has 1 aliphatic carbocycles. The summed E-state index contributed by atoms with van der Waals surface area (Å²) >= 11 is 5.99. The number of nitrogens with one attached hydrogen (secondary N) is 1. The Morgan fingerprint density at radius 2 is 1.92 bits per heavy atom. The minimum atomic E-state index is -4.85. The maximum atomic E-state index is 12.6. The number of benzene rings is 2. The van der Waals surface area contributed by atoms with Gasteiger partial charge in [0.05, 0.1) is 17.6 Å². The fraction of sp³-hybridized carbons (Fsp3) is 0.320. The molecular formula is C25H22ClF3N4O4. The number of amides is 1. The first-order valence-corrected chi connectivity index (χ1v) is 11.8. The standard InChI is InChI=1S/C25H22ClF3N4O4/c1-3-22(34)33-10-13-6-14(11-33)23(13)36-21-8-16-18(9-20(21)35-2)30-12-31-24(16)32-15-4-5-19(17(26)7-15)37-25(27,28)29/h3-5,7-9,12-14,23H,1,6,10-11H2,2H3,(H,30,31,32)/t13-,14+,23+. The molecule has 3 fully saturated rings. The first-order valence-electron chi connectivity index (χ1n) is 11.4. The molecule has 1 saturated carbocycles. The Labute approximate surface area is 215 Å². The van der Waals surface area contributed by atoms with Gasteiger partial charge in [0.1, 0.15) is 24.0 Å². The largest absolute Gasteiger partial charge is 0.573 e. The predicted molar refractivity (Wildman–Crippen MR) is 130 cm³/mol. The van der Waals surface area contributed by atoms with Crippen LogP contribution in [-0.2, 0) is 4.79 Å². The Morgan fingerprint density at radius 1 is 1.16 bits per heavy atom. The molecule has 2 bridgehead atoms. The first kappa shape index (κ1) is 24.9. The number of halogens is 4. The Morgan fingerprint density at radius 3 is 2.57 bits per heavy atom. The summed E-state index contributed by atoms with van der Waals surface area (Å²) in [6.45, 7) is 4.77. The molecule has 2 aliphatic heterocycles. The molecule has 6 rings (SSSR count). The van der Waals surface area contributed by atoms with E-state index in [4.69, 9.17) is 21.1 Å². The molecule has 12 heteroatoms. The van der Waals surface area contributed by atoms with Crippen LogP contribution < -0.4 is 19.5 Å². The molecule has 1 amide bonds. The molecule has 1 N–H and O–H groups in total. The van der Waals surface area contributed by atoms with Crippen LogP contribution in [0.1, 0.15) is 6.42 Å². The number of hydrogen-bond donors (Lipinski definition) is 1. The van der Waals surface area contributed by atoms with Crippen LogP contribution in [0.4, 0.5) is 24.7 Å². The zero-order valence-electron chi connectivity index (χ0n) is 19.6. The lowest BCUT2D eigenvalue weighted by Crippen LogP contribution is -2.61. The lowest BCUT2D eigenvalue weighted by molar-refractivity contribution is -0.274. The van der Waals surface area contributed by atoms with E-state index in [1.165, 1.54) is 31.6 Å². The minimum Gasteiger partial charge on any atom is -0.493 e. The highest BCUT2D eigenvalue weighted by Gasteiger charge is 2.49. The van der Waals surface area contributed by atoms with Crippen LogP contribution >= 0.6 is 11.6 Å². The molecule has 3 heterocycles. The number of carbonyl (C=O) groups excluding carboxylic acids is 1. The SMILES string of the molecule is C=CC(=O)N1C[C@H]2C[C@@H](C1)[C@H]2Oc1cc2c(Nc3ccc(OC(F)(F)F)c(Cl)c3)ncnc2cc1OC. The number of piperidine rings is 2. The van der Waals surface area contributed by atoms with Gasteiger partial charge in [-0.2, -0.15) is 0 Å². The maximum absolute atomic E-state index is 12.6. The van der Waals surface area contributed by atoms with E-state index in [0.29, 0.717) is 47.0 Å². The lowest BCUT2D eigenvalue weighted by atomic mass is 9.68. The van der Waals surface area contributed by atoms with Gasteiger partial charge >= 0.3 is 6.36 Å². The Hall–Kier alpha value is -3.73. The molecule has 3 aliphatic rings. The normalized spacial score (nSPS) is 20.7. The summed E-state index contributed by atoms with van der Waals surface area (Å²) in [6, 6.07) is 7.32. The molecular weight excluding hydrogens is 513 g/mol. The van der Waals surface area contributed by atoms with Crippen molar-refractivity contribution in [3.63, 3.8) is 0 Å². The molecule has 2 saturated heterocycles. The predicted octanol–water partition coefficient (Wildman–Crippen LogP) is 5.35. The zero-order valence-corrected chi connectivity index (χ0v) is 20.3. The molecule has 8 nitrogen and oxygen atoms in total. The number of rotatable bonds is 7. The van der Waals surface area contributed by atoms with Crippen molar-refractivity contribution in [3.8, 4) is 17.2 Å². The summed E-state index contributed by atoms with van der Waals surface area (Å²) in [6.07, 6.45) is -1.26. The van der Waals surface area contributed by atoms with Crippen LogP contribution in [0, 0.1) is 11.8 Å². The van der Waals surface area contributed by atoms with E-state index in [1.807, 2.05) is 0 Å². The minimum absolute atomic E-state index is 0.0683. The average molecular weight is 535 g/mol. The quantitative estimate of drug-likeness (QED) is 0.409. The maximum Gasteiger partial charge on any atom is 0.573 e. The second kappa shape index (κ2) is 9.62. The van der Waals surface area contributed by atoms with E-state index in [1.54, 1.807) is 17.0 Å². The fourth-order valence-electron chi connectivity index (χ4n) is 4.83. The lowest BCUT2D eigenvalue weighted by Gasteiger charge is -2.52. The van der Waals surface area contributed by atoms with Crippen molar-refractivity contribution < 1.29 is 32.2 Å². The van der Waals surface area contributed by atoms with Crippen LogP contribution in [0.15, 0.2) is 49.3 Å². The van der Waals surface area contributed by atoms with Gasteiger partial charge < -0.3 is 24.4 Å². The van der Waals surface area contributed by atoms with Crippen molar-refractivity contribution in [1.82, 2.24) is 14.9 Å². The first-order chi connectivity index (χ1) is 17.6. The van der Waals surface area contributed by atoms with Crippen LogP contribution in [0.25, 0.3) is 10.9 Å². The van der Waals surface area contributed by atoms with Gasteiger partial charge in [-0.05, 0) is 36.8 Å². The van der Waals surface area contributed by atoms with Crippen LogP contribution in [-0.4, -0.2) is 53.4 Å². The highest BCUT2D eigenvalue weighted by Crippen LogP contribution is 2.45. The van der Waals surface area contributed by atoms with Gasteiger partial charge in [0.2, 0.25) is 5.91 Å². The van der Waals surface area contributed by atoms with Gasteiger partial charge in [-0.25, -0.2) is 9.97 Å². The molecule has 0 unspecified atom stereocenters. The molecule has 0 spiro atoms. The van der Waals surface area contributed by atoms with E-state index in [2.05, 4.69) is 26.6 Å². The van der Waals surface area contributed by atoms with Gasteiger partial charge in [0, 0.05) is 42.1 Å². The van der Waals surface area contributed by atoms with Crippen molar-refractivity contribution in [2.75, 3.05) is 25.5 Å². The highest BCUT2D eigenvalue weighted by molar-refractivity contribution is 6.32. The van der Waals surface area contributed by atoms with Gasteiger partial charge in [0.25, 0.3) is 0 Å². The third kappa shape index (κ3) is 5.08. The summed E-state index contributed by atoms with van der Waals surface area (Å²) in [4.78, 5) is 22.4. The van der Waals surface area contributed by atoms with Crippen LogP contribution in [0.5, 0.6) is 17.2 Å². The number of aromatic nitrogens is 2. The molecule has 3 aromatic rings. The molecule has 37 heavy (non-hydrogen) atoms. The summed E-state index contributed by atoms with van der Waals surface area (Å²) in [5.74, 6) is 1.21. The topological polar surface area (TPSA) is 85.8 Å². The van der Waals surface area contributed by atoms with E-state index in [0.717, 1.165) is 12.5 Å². The van der Waals surface area contributed by atoms with E-state index >= 15 is 0 Å². The summed E-state index contributed by atoms with van der Waals surface area (Å²) in [5.41, 5.74) is 0.972. The number of hydrogen-bond acceptors (Lipinski definition) is 7. The fourth-order valence-corrected chi connectivity index (χ4v) is 5.05. The summed E-state index contributed by atoms with van der Waals surface area (Å²) in [7, 11) is 1.53. The third-order valence-electron chi connectivity index (χ3n) is 6.53. The monoisotopic (exact) mass is 534 g/mol. The smallest absolute Gasteiger partial charge is 0.493 e. The molecule has 2 aromatic carbocycles. The van der Waals surface area contributed by atoms with E-state index in [9.17, 15) is 18.0 Å². The van der Waals surface area contributed by atoms with E-state index < -0.39 is 12.1 Å². The average Bonchev–Trinajstić information content (AvgIpc) is 2.87. The van der Waals surface area contributed by atoms with Crippen molar-refractivity contribution in [2.24, 2.45) is 11.8 Å². The molecule has 194 valence electrons. The molecule has 3 atom stereocenters. The van der Waals surface area contributed by atoms with Gasteiger partial charge in [-0.15, -0.1) is 13.2 Å². The zero-order chi connectivity index (χ0) is 26.3. The molecule has 1 aromatic heterocycles. The molecule has 0 radical (unpaired) electrons. The van der Waals surface area contributed by atoms with Crippen LogP contribution in [0.2, 0.25) is 5.02 Å². The van der Waals surface area contributed by atoms with Gasteiger partial charge in [-0.3, -0.25) is 4.79 Å². The Bertz CT molecular complexity index is 1360. The van der Waals surface area contributed by atoms with Crippen molar-refractivity contribution in [1.29, 1.82) is 0 Å². The van der Waals surface area contributed by atoms with Gasteiger partial charge in [0.15, 0.2) is 11.5 Å². The Balaban J connectivity index is 1.40. The summed E-state index contributed by atoms with van der Waals surface area (Å²) < 4.78 is 53.5. The van der Waals surface area contributed by atoms with Crippen LogP contribution in [0.3, 0.4) is 0 Å². The third-order valence-corrected chi connectivity index (χ3v) is 6.83. The van der Waals surface area contributed by atoms with E-state index in [-0.39, 0.29) is 28.9 Å². The number of alkyl halides is 3. The van der Waals surface area contributed by atoms with Crippen molar-refractivity contribution in [3.05, 3.63) is 54.3 Å². The number of ether oxygens (including phenoxy) is 3. The second-order valence-corrected chi connectivity index (χ2v) is 9.25. The van der Waals surface area contributed by atoms with Gasteiger partial charge in [-0.1, -0.05) is 18.2 Å².